The largest absolute Gasteiger partial charge is 0.478 e. The maximum absolute atomic E-state index is 13.0. The fourth-order valence-electron chi connectivity index (χ4n) is 3.13. The minimum absolute atomic E-state index is 0.00154. The Kier molecular flexibility index (Phi) is 20.0. The molecule has 0 spiro atoms. The topological polar surface area (TPSA) is 169 Å². The summed E-state index contributed by atoms with van der Waals surface area (Å²) in [5, 5.41) is 9.18. The summed E-state index contributed by atoms with van der Waals surface area (Å²) in [5.41, 5.74) is 0.0386. The Morgan fingerprint density at radius 3 is 1.54 bits per heavy atom. The predicted octanol–water partition coefficient (Wildman–Crippen LogP) is 7.32. The number of carboxylic acid groups (broad SMARTS) is 1. The second-order valence-corrected chi connectivity index (χ2v) is 12.1. The zero-order valence-electron chi connectivity index (χ0n) is 30.6. The molecule has 0 aliphatic rings. The monoisotopic (exact) mass is 676 g/mol. The third-order valence-electron chi connectivity index (χ3n) is 5.86. The SMILES string of the molecule is C=C(C)C(=O)OC(C)(C)C.C=C(C)C(=O)OC=C(C)C(=O)OC(=C(C)C(=O)OC(CCC)=C(C)C(=O)OC(CC)=C(C)C(=O)O)C(C)C. The van der Waals surface area contributed by atoms with Crippen LogP contribution in [0.4, 0.5) is 0 Å². The molecule has 0 aliphatic heterocycles. The smallest absolute Gasteiger partial charge is 0.342 e. The number of esters is 5. The zero-order valence-corrected chi connectivity index (χ0v) is 30.6. The van der Waals surface area contributed by atoms with E-state index in [1.807, 2.05) is 27.7 Å². The molecule has 0 fully saturated rings. The Morgan fingerprint density at radius 2 is 1.17 bits per heavy atom. The van der Waals surface area contributed by atoms with Gasteiger partial charge in [0.1, 0.15) is 29.1 Å². The van der Waals surface area contributed by atoms with Crippen molar-refractivity contribution < 1.29 is 57.6 Å². The van der Waals surface area contributed by atoms with Gasteiger partial charge in [-0.15, -0.1) is 0 Å². The van der Waals surface area contributed by atoms with Crippen LogP contribution in [0.3, 0.4) is 0 Å². The van der Waals surface area contributed by atoms with Crippen LogP contribution in [0.15, 0.2) is 70.1 Å². The van der Waals surface area contributed by atoms with E-state index in [9.17, 15) is 33.9 Å². The first-order valence-corrected chi connectivity index (χ1v) is 15.3. The highest BCUT2D eigenvalue weighted by Crippen LogP contribution is 2.23. The van der Waals surface area contributed by atoms with E-state index in [0.717, 1.165) is 6.26 Å². The summed E-state index contributed by atoms with van der Waals surface area (Å²) in [5.74, 6) is -5.12. The third-order valence-corrected chi connectivity index (χ3v) is 5.86. The molecule has 1 N–H and O–H groups in total. The van der Waals surface area contributed by atoms with Crippen LogP contribution in [0.1, 0.15) is 109 Å². The van der Waals surface area contributed by atoms with Gasteiger partial charge in [0.2, 0.25) is 0 Å². The maximum Gasteiger partial charge on any atom is 0.342 e. The molecule has 0 radical (unpaired) electrons. The van der Waals surface area contributed by atoms with Crippen LogP contribution in [0.25, 0.3) is 0 Å². The number of carbonyl (C=O) groups excluding carboxylic acids is 5. The van der Waals surface area contributed by atoms with E-state index >= 15 is 0 Å². The van der Waals surface area contributed by atoms with Crippen LogP contribution >= 0.6 is 0 Å². The van der Waals surface area contributed by atoms with E-state index in [2.05, 4.69) is 13.2 Å². The standard InChI is InChI=1S/C28H38O10.C8H14O2/c1-11-13-22(19(9)27(33)36-21(12-2)18(8)24(29)30)37-28(34)20(10)23(15(3)4)38-26(32)17(7)14-35-25(31)16(5)6;1-6(2)7(9)10-8(3,4)5/h14-15H,5,11-13H2,1-4,6-10H3,(H,29,30);1H2,2-5H3. The number of carbonyl (C=O) groups is 6. The first kappa shape index (κ1) is 45.4. The average molecular weight is 677 g/mol. The molecule has 0 saturated heterocycles. The lowest BCUT2D eigenvalue weighted by Crippen LogP contribution is -2.23. The van der Waals surface area contributed by atoms with E-state index in [0.29, 0.717) is 12.0 Å². The highest BCUT2D eigenvalue weighted by Gasteiger charge is 2.24. The lowest BCUT2D eigenvalue weighted by Gasteiger charge is -2.19. The molecule has 48 heavy (non-hydrogen) atoms. The molecular weight excluding hydrogens is 624 g/mol. The summed E-state index contributed by atoms with van der Waals surface area (Å²) in [7, 11) is 0. The molecule has 0 aliphatic carbocycles. The van der Waals surface area contributed by atoms with Crippen LogP contribution in [0.5, 0.6) is 0 Å². The predicted molar refractivity (Wildman–Crippen MR) is 179 cm³/mol. The van der Waals surface area contributed by atoms with Crippen molar-refractivity contribution in [1.29, 1.82) is 0 Å². The maximum atomic E-state index is 13.0. The van der Waals surface area contributed by atoms with Crippen LogP contribution in [0, 0.1) is 5.92 Å². The van der Waals surface area contributed by atoms with Crippen LogP contribution in [0.2, 0.25) is 0 Å². The van der Waals surface area contributed by atoms with Gasteiger partial charge in [-0.3, -0.25) is 0 Å². The van der Waals surface area contributed by atoms with Gasteiger partial charge >= 0.3 is 35.8 Å². The van der Waals surface area contributed by atoms with Gasteiger partial charge in [-0.2, -0.15) is 0 Å². The van der Waals surface area contributed by atoms with E-state index in [1.54, 1.807) is 27.7 Å². The van der Waals surface area contributed by atoms with Gasteiger partial charge in [0.25, 0.3) is 0 Å². The summed E-state index contributed by atoms with van der Waals surface area (Å²) >= 11 is 0. The number of aliphatic carboxylic acids is 1. The van der Waals surface area contributed by atoms with Crippen LogP contribution < -0.4 is 0 Å². The summed E-state index contributed by atoms with van der Waals surface area (Å²) in [4.78, 5) is 71.8. The third kappa shape index (κ3) is 17.3. The van der Waals surface area contributed by atoms with Crippen molar-refractivity contribution in [3.8, 4) is 0 Å². The number of ether oxygens (including phenoxy) is 5. The minimum atomic E-state index is -1.22. The summed E-state index contributed by atoms with van der Waals surface area (Å²) < 4.78 is 26.0. The highest BCUT2D eigenvalue weighted by atomic mass is 16.6. The molecule has 0 atom stereocenters. The summed E-state index contributed by atoms with van der Waals surface area (Å²) in [6.07, 6.45) is 1.85. The molecule has 0 aromatic carbocycles. The zero-order chi connectivity index (χ0) is 38.1. The lowest BCUT2D eigenvalue weighted by atomic mass is 10.1. The lowest BCUT2D eigenvalue weighted by molar-refractivity contribution is -0.150. The van der Waals surface area contributed by atoms with Gasteiger partial charge in [0, 0.05) is 29.9 Å². The molecule has 12 nitrogen and oxygen atoms in total. The Morgan fingerprint density at radius 1 is 0.688 bits per heavy atom. The quantitative estimate of drug-likeness (QED) is 0.0843. The van der Waals surface area contributed by atoms with Crippen LogP contribution in [-0.2, 0) is 52.5 Å². The summed E-state index contributed by atoms with van der Waals surface area (Å²) in [6, 6.07) is 0. The second-order valence-electron chi connectivity index (χ2n) is 12.1. The number of allylic oxidation sites excluding steroid dienone is 3. The highest BCUT2D eigenvalue weighted by molar-refractivity contribution is 5.94. The van der Waals surface area contributed by atoms with Crippen molar-refractivity contribution in [3.63, 3.8) is 0 Å². The Balaban J connectivity index is 0. The number of rotatable bonds is 14. The van der Waals surface area contributed by atoms with Crippen molar-refractivity contribution in [2.24, 2.45) is 5.92 Å². The first-order chi connectivity index (χ1) is 21.9. The van der Waals surface area contributed by atoms with Gasteiger partial charge < -0.3 is 28.8 Å². The van der Waals surface area contributed by atoms with E-state index in [4.69, 9.17) is 23.7 Å². The first-order valence-electron chi connectivity index (χ1n) is 15.3. The van der Waals surface area contributed by atoms with E-state index < -0.39 is 41.4 Å². The van der Waals surface area contributed by atoms with Crippen molar-refractivity contribution in [2.45, 2.75) is 115 Å². The van der Waals surface area contributed by atoms with Gasteiger partial charge in [-0.25, -0.2) is 28.8 Å². The summed E-state index contributed by atoms with van der Waals surface area (Å²) in [6.45, 7) is 27.9. The molecular formula is C36H52O12. The van der Waals surface area contributed by atoms with Gasteiger partial charge in [-0.05, 0) is 68.7 Å². The molecule has 12 heteroatoms. The van der Waals surface area contributed by atoms with Crippen molar-refractivity contribution in [2.75, 3.05) is 0 Å². The molecule has 0 bridgehead atoms. The van der Waals surface area contributed by atoms with Crippen molar-refractivity contribution in [1.82, 2.24) is 0 Å². The molecule has 0 rings (SSSR count). The second kappa shape index (κ2) is 21.2. The van der Waals surface area contributed by atoms with Gasteiger partial charge in [0.15, 0.2) is 0 Å². The fourth-order valence-corrected chi connectivity index (χ4v) is 3.13. The molecule has 0 saturated carbocycles. The van der Waals surface area contributed by atoms with Gasteiger partial charge in [-0.1, -0.05) is 40.9 Å². The van der Waals surface area contributed by atoms with E-state index in [-0.39, 0.29) is 64.0 Å². The minimum Gasteiger partial charge on any atom is -0.478 e. The Hall–Kier alpha value is -4.74. The average Bonchev–Trinajstić information content (AvgIpc) is 2.98. The van der Waals surface area contributed by atoms with Crippen molar-refractivity contribution >= 4 is 35.8 Å². The van der Waals surface area contributed by atoms with Crippen LogP contribution in [-0.4, -0.2) is 46.5 Å². The fraction of sp³-hybridized carbons (Fsp3) is 0.500. The molecule has 0 amide bonds. The van der Waals surface area contributed by atoms with Gasteiger partial charge in [0.05, 0.1) is 22.3 Å². The number of hydrogen-bond donors (Lipinski definition) is 1. The molecule has 268 valence electrons. The van der Waals surface area contributed by atoms with E-state index in [1.165, 1.54) is 34.6 Å². The molecule has 0 aromatic heterocycles. The molecule has 0 unspecified atom stereocenters. The number of hydrogen-bond acceptors (Lipinski definition) is 11. The Bertz CT molecular complexity index is 1390. The molecule has 0 aromatic rings. The van der Waals surface area contributed by atoms with Crippen molar-refractivity contribution in [3.05, 3.63) is 70.1 Å². The number of carboxylic acids is 1. The normalized spacial score (nSPS) is 12.9. The Labute approximate surface area is 284 Å². The molecule has 0 heterocycles.